The van der Waals surface area contributed by atoms with Gasteiger partial charge in [0.05, 0.1) is 34.5 Å². The zero-order chi connectivity index (χ0) is 27.6. The smallest absolute Gasteiger partial charge is 0.303 e. The van der Waals surface area contributed by atoms with Crippen LogP contribution in [0, 0.1) is 5.82 Å². The van der Waals surface area contributed by atoms with E-state index in [1.807, 2.05) is 35.3 Å². The van der Waals surface area contributed by atoms with Gasteiger partial charge in [-0.1, -0.05) is 23.4 Å². The van der Waals surface area contributed by atoms with E-state index in [-0.39, 0.29) is 12.0 Å². The number of rotatable bonds is 9. The van der Waals surface area contributed by atoms with Gasteiger partial charge in [-0.25, -0.2) is 9.37 Å². The highest BCUT2D eigenvalue weighted by molar-refractivity contribution is 5.83. The van der Waals surface area contributed by atoms with E-state index >= 15 is 0 Å². The van der Waals surface area contributed by atoms with Gasteiger partial charge in [-0.05, 0) is 61.4 Å². The van der Waals surface area contributed by atoms with E-state index in [1.165, 1.54) is 28.8 Å². The molecule has 0 spiro atoms. The Hall–Kier alpha value is -5.03. The number of hydrogen-bond donors (Lipinski definition) is 3. The van der Waals surface area contributed by atoms with Gasteiger partial charge in [0, 0.05) is 24.5 Å². The topological polar surface area (TPSA) is 126 Å². The molecule has 0 fully saturated rings. The van der Waals surface area contributed by atoms with Gasteiger partial charge in [0.2, 0.25) is 0 Å². The van der Waals surface area contributed by atoms with Gasteiger partial charge in [0.15, 0.2) is 5.76 Å². The van der Waals surface area contributed by atoms with Crippen molar-refractivity contribution >= 4 is 28.2 Å². The van der Waals surface area contributed by atoms with Gasteiger partial charge in [-0.2, -0.15) is 0 Å². The fourth-order valence-electron chi connectivity index (χ4n) is 4.78. The first-order valence-electron chi connectivity index (χ1n) is 12.8. The number of carboxylic acids is 1. The summed E-state index contributed by atoms with van der Waals surface area (Å²) in [5.74, 6) is -0.176. The summed E-state index contributed by atoms with van der Waals surface area (Å²) in [6.45, 7) is 0.436. The third-order valence-corrected chi connectivity index (χ3v) is 6.75. The lowest BCUT2D eigenvalue weighted by atomic mass is 10.1. The van der Waals surface area contributed by atoms with Crippen molar-refractivity contribution in [1.29, 1.82) is 0 Å². The van der Waals surface area contributed by atoms with Gasteiger partial charge in [-0.3, -0.25) is 19.2 Å². The number of aryl methyl sites for hydroxylation is 1. The molecule has 1 aliphatic heterocycles. The standard InChI is InChI=1S/C29H25FN6O4/c30-19-10-12-20(13-11-19)36-27(7-3-4-8-28(37)38)31-25-15-18(9-14-22(25)29(36)39)24-16-21(40-33-24)17-35-26-6-2-1-5-23(26)32-34-35/h1-2,5-6,9-16,32,34H,3-4,7-8,17H2,(H,37,38). The van der Waals surface area contributed by atoms with Crippen molar-refractivity contribution in [3.63, 3.8) is 0 Å². The van der Waals surface area contributed by atoms with E-state index in [2.05, 4.69) is 16.1 Å². The SMILES string of the molecule is O=C(O)CCCCc1nc2cc(-c3cc(CN4NNc5ccccc54)on3)ccc2c(=O)n1-c1ccc(F)cc1. The molecule has 1 aliphatic rings. The average molecular weight is 541 g/mol. The van der Waals surface area contributed by atoms with Gasteiger partial charge < -0.3 is 15.1 Å². The molecular formula is C29H25FN6O4. The summed E-state index contributed by atoms with van der Waals surface area (Å²) in [4.78, 5) is 29.3. The Kier molecular flexibility index (Phi) is 6.71. The Morgan fingerprint density at radius 1 is 1.02 bits per heavy atom. The van der Waals surface area contributed by atoms with E-state index in [4.69, 9.17) is 14.6 Å². The maximum absolute atomic E-state index is 13.6. The molecule has 0 radical (unpaired) electrons. The first-order chi connectivity index (χ1) is 19.5. The van der Waals surface area contributed by atoms with E-state index in [0.717, 1.165) is 16.9 Å². The molecule has 3 heterocycles. The molecule has 0 bridgehead atoms. The lowest BCUT2D eigenvalue weighted by molar-refractivity contribution is -0.137. The maximum atomic E-state index is 13.6. The molecule has 0 unspecified atom stereocenters. The van der Waals surface area contributed by atoms with Crippen molar-refractivity contribution in [3.05, 3.63) is 101 Å². The van der Waals surface area contributed by atoms with Crippen molar-refractivity contribution in [2.24, 2.45) is 0 Å². The third-order valence-electron chi connectivity index (χ3n) is 6.75. The second kappa shape index (κ2) is 10.6. The van der Waals surface area contributed by atoms with E-state index < -0.39 is 11.8 Å². The van der Waals surface area contributed by atoms with E-state index in [0.29, 0.717) is 59.7 Å². The van der Waals surface area contributed by atoms with E-state index in [9.17, 15) is 14.0 Å². The molecule has 10 nitrogen and oxygen atoms in total. The zero-order valence-electron chi connectivity index (χ0n) is 21.3. The van der Waals surface area contributed by atoms with Crippen molar-refractivity contribution in [2.75, 3.05) is 10.4 Å². The molecule has 3 aromatic carbocycles. The van der Waals surface area contributed by atoms with Crippen LogP contribution in [0.4, 0.5) is 15.8 Å². The quantitative estimate of drug-likeness (QED) is 0.225. The second-order valence-corrected chi connectivity index (χ2v) is 9.50. The Labute approximate surface area is 227 Å². The van der Waals surface area contributed by atoms with Gasteiger partial charge in [-0.15, -0.1) is 5.53 Å². The summed E-state index contributed by atoms with van der Waals surface area (Å²) in [7, 11) is 0. The lowest BCUT2D eigenvalue weighted by Crippen LogP contribution is -2.35. The van der Waals surface area contributed by atoms with Crippen LogP contribution in [-0.2, 0) is 17.8 Å². The number of aromatic nitrogens is 3. The molecule has 2 aromatic heterocycles. The minimum Gasteiger partial charge on any atom is -0.481 e. The molecule has 0 saturated heterocycles. The molecular weight excluding hydrogens is 515 g/mol. The number of carbonyl (C=O) groups is 1. The van der Waals surface area contributed by atoms with Crippen LogP contribution in [0.15, 0.2) is 82.1 Å². The zero-order valence-corrected chi connectivity index (χ0v) is 21.3. The number of anilines is 2. The predicted molar refractivity (Wildman–Crippen MR) is 147 cm³/mol. The summed E-state index contributed by atoms with van der Waals surface area (Å²) in [6, 6.07) is 20.6. The number of carboxylic acid groups (broad SMARTS) is 1. The highest BCUT2D eigenvalue weighted by Gasteiger charge is 2.20. The molecule has 0 saturated carbocycles. The number of hydrogen-bond acceptors (Lipinski definition) is 8. The van der Waals surface area contributed by atoms with E-state index in [1.54, 1.807) is 18.2 Å². The van der Waals surface area contributed by atoms with Crippen molar-refractivity contribution in [2.45, 2.75) is 32.2 Å². The monoisotopic (exact) mass is 540 g/mol. The van der Waals surface area contributed by atoms with Crippen LogP contribution in [0.5, 0.6) is 0 Å². The number of fused-ring (bicyclic) bond motifs is 2. The lowest BCUT2D eigenvalue weighted by Gasteiger charge is -2.15. The van der Waals surface area contributed by atoms with Crippen LogP contribution in [0.2, 0.25) is 0 Å². The first kappa shape index (κ1) is 25.3. The Bertz CT molecular complexity index is 1770. The summed E-state index contributed by atoms with van der Waals surface area (Å²) < 4.78 is 20.7. The summed E-state index contributed by atoms with van der Waals surface area (Å²) in [5, 5.41) is 15.5. The highest BCUT2D eigenvalue weighted by Crippen LogP contribution is 2.30. The average Bonchev–Trinajstić information content (AvgIpc) is 3.59. The number of benzene rings is 3. The van der Waals surface area contributed by atoms with Crippen LogP contribution in [0.25, 0.3) is 27.8 Å². The number of nitrogens with one attached hydrogen (secondary N) is 2. The van der Waals surface area contributed by atoms with Crippen LogP contribution >= 0.6 is 0 Å². The number of nitrogens with zero attached hydrogens (tertiary/aromatic N) is 4. The molecule has 11 heteroatoms. The van der Waals surface area contributed by atoms with Gasteiger partial charge in [0.25, 0.3) is 5.56 Å². The molecule has 202 valence electrons. The molecule has 3 N–H and O–H groups in total. The van der Waals surface area contributed by atoms with Crippen LogP contribution < -0.4 is 21.5 Å². The number of hydrazine groups is 2. The number of para-hydroxylation sites is 2. The summed E-state index contributed by atoms with van der Waals surface area (Å²) >= 11 is 0. The van der Waals surface area contributed by atoms with Crippen LogP contribution in [0.3, 0.4) is 0 Å². The summed E-state index contributed by atoms with van der Waals surface area (Å²) in [5.41, 5.74) is 10.2. The number of halogens is 1. The Morgan fingerprint density at radius 2 is 1.85 bits per heavy atom. The molecule has 0 atom stereocenters. The molecule has 0 aliphatic carbocycles. The third kappa shape index (κ3) is 5.02. The number of aliphatic carboxylic acids is 1. The molecule has 5 aromatic rings. The fraction of sp³-hybridized carbons (Fsp3) is 0.172. The van der Waals surface area contributed by atoms with Crippen LogP contribution in [-0.4, -0.2) is 25.8 Å². The minimum atomic E-state index is -0.875. The van der Waals surface area contributed by atoms with Crippen molar-refractivity contribution in [1.82, 2.24) is 20.2 Å². The summed E-state index contributed by atoms with van der Waals surface area (Å²) in [6.07, 6.45) is 1.38. The highest BCUT2D eigenvalue weighted by atomic mass is 19.1. The molecule has 40 heavy (non-hydrogen) atoms. The maximum Gasteiger partial charge on any atom is 0.303 e. The van der Waals surface area contributed by atoms with Crippen LogP contribution in [0.1, 0.15) is 30.8 Å². The number of unbranched alkanes of at least 4 members (excludes halogenated alkanes) is 1. The predicted octanol–water partition coefficient (Wildman–Crippen LogP) is 4.83. The minimum absolute atomic E-state index is 0.0294. The molecule has 6 rings (SSSR count). The van der Waals surface area contributed by atoms with Crippen molar-refractivity contribution < 1.29 is 18.8 Å². The normalized spacial score (nSPS) is 12.5. The molecule has 0 amide bonds. The first-order valence-corrected chi connectivity index (χ1v) is 12.8. The fourth-order valence-corrected chi connectivity index (χ4v) is 4.78. The Balaban J connectivity index is 1.32. The van der Waals surface area contributed by atoms with Gasteiger partial charge in [0.1, 0.15) is 17.3 Å². The largest absolute Gasteiger partial charge is 0.481 e. The second-order valence-electron chi connectivity index (χ2n) is 9.50. The van der Waals surface area contributed by atoms with Gasteiger partial charge >= 0.3 is 5.97 Å². The van der Waals surface area contributed by atoms with Crippen molar-refractivity contribution in [3.8, 4) is 16.9 Å². The Morgan fingerprint density at radius 3 is 2.67 bits per heavy atom.